The molecule has 222 valence electrons. The van der Waals surface area contributed by atoms with Crippen LogP contribution in [0.25, 0.3) is 11.2 Å². The fraction of sp³-hybridized carbons (Fsp3) is 0.731. The minimum atomic E-state index is -2.17. The zero-order valence-electron chi connectivity index (χ0n) is 24.4. The van der Waals surface area contributed by atoms with Crippen LogP contribution in [0.15, 0.2) is 28.1 Å². The van der Waals surface area contributed by atoms with E-state index < -0.39 is 44.1 Å². The predicted octanol–water partition coefficient (Wildman–Crippen LogP) is 5.11. The van der Waals surface area contributed by atoms with E-state index >= 15 is 0 Å². The SMILES string of the molecule is C=C(C)[C@H]1CC[C@@](C)(S[P+](=S)OC[C@H]2O[C@@H](n3cnc4c(=O)[nH]c(=O)[nH]c43)CC2O[Si](C)(C)C(C)(C)C)[C@H](O)C1. The van der Waals surface area contributed by atoms with Gasteiger partial charge in [0.1, 0.15) is 36.0 Å². The topological polar surface area (TPSA) is 131 Å². The maximum absolute atomic E-state index is 12.2. The second-order valence-electron chi connectivity index (χ2n) is 12.8. The van der Waals surface area contributed by atoms with Crippen LogP contribution in [-0.2, 0) is 25.5 Å². The second-order valence-corrected chi connectivity index (χ2v) is 22.6. The van der Waals surface area contributed by atoms with Crippen LogP contribution in [0.5, 0.6) is 0 Å². The van der Waals surface area contributed by atoms with E-state index in [1.54, 1.807) is 15.9 Å². The van der Waals surface area contributed by atoms with Gasteiger partial charge in [-0.15, -0.1) is 0 Å². The lowest BCUT2D eigenvalue weighted by molar-refractivity contribution is -0.0334. The van der Waals surface area contributed by atoms with Gasteiger partial charge in [0, 0.05) is 6.42 Å². The highest BCUT2D eigenvalue weighted by atomic mass is 32.9. The van der Waals surface area contributed by atoms with Crippen molar-refractivity contribution in [3.8, 4) is 0 Å². The number of aromatic nitrogens is 4. The molecule has 1 aliphatic heterocycles. The van der Waals surface area contributed by atoms with Crippen LogP contribution in [0.1, 0.15) is 66.5 Å². The first-order chi connectivity index (χ1) is 18.5. The Morgan fingerprint density at radius 1 is 1.38 bits per heavy atom. The Bertz CT molecular complexity index is 1390. The predicted molar refractivity (Wildman–Crippen MR) is 166 cm³/mol. The standard InChI is InChI=1S/C26H41N4O6PS2Si/c1-15(2)16-9-10-26(6,19(31)11-16)39-37(38)34-13-18-17(36-40(7,8)25(3,4)5)12-20(35-18)30-14-27-21-22(30)28-24(33)29-23(21)32/h14,16-20,31H,1,9-13H2,2-8H3,(H-,28,29,32,33)/p+1/t16-,17?,18+,19+,20+,26+/m0/s1. The molecule has 0 bridgehead atoms. The number of fused-ring (bicyclic) bond motifs is 1. The van der Waals surface area contributed by atoms with Crippen LogP contribution < -0.4 is 11.2 Å². The van der Waals surface area contributed by atoms with E-state index in [0.29, 0.717) is 24.4 Å². The second kappa shape index (κ2) is 11.8. The zero-order chi connectivity index (χ0) is 29.6. The molecule has 4 rings (SSSR count). The highest BCUT2D eigenvalue weighted by Gasteiger charge is 2.48. The van der Waals surface area contributed by atoms with Crippen molar-refractivity contribution in [1.29, 1.82) is 0 Å². The molecule has 0 spiro atoms. The van der Waals surface area contributed by atoms with Crippen LogP contribution in [0.3, 0.4) is 0 Å². The molecule has 2 aliphatic rings. The van der Waals surface area contributed by atoms with Crippen molar-refractivity contribution < 1.29 is 18.8 Å². The minimum absolute atomic E-state index is 0.00935. The van der Waals surface area contributed by atoms with Gasteiger partial charge in [0.05, 0.1) is 23.3 Å². The largest absolute Gasteiger partial charge is 0.415 e. The summed E-state index contributed by atoms with van der Waals surface area (Å²) in [6.07, 6.45) is 1.55. The smallest absolute Gasteiger partial charge is 0.411 e. The molecule has 0 radical (unpaired) electrons. The number of imidazole rings is 1. The number of H-pyrrole nitrogens is 2. The molecule has 10 nitrogen and oxygen atoms in total. The molecular formula is C26H42N4O6PS2Si+. The molecule has 2 unspecified atom stereocenters. The molecule has 2 aromatic heterocycles. The van der Waals surface area contributed by atoms with Gasteiger partial charge in [-0.1, -0.05) is 32.9 Å². The Morgan fingerprint density at radius 2 is 2.08 bits per heavy atom. The Labute approximate surface area is 246 Å². The molecule has 0 amide bonds. The number of hydrogen-bond donors (Lipinski definition) is 3. The highest BCUT2D eigenvalue weighted by molar-refractivity contribution is 8.63. The van der Waals surface area contributed by atoms with E-state index in [0.717, 1.165) is 18.4 Å². The number of hydrogen-bond acceptors (Lipinski definition) is 9. The van der Waals surface area contributed by atoms with Crippen molar-refractivity contribution in [3.63, 3.8) is 0 Å². The Hall–Kier alpha value is -1.18. The number of allylic oxidation sites excluding steroid dienone is 1. The number of rotatable bonds is 9. The first-order valence-corrected chi connectivity index (χ1v) is 20.3. The molecule has 1 aliphatic carbocycles. The molecule has 14 heteroatoms. The summed E-state index contributed by atoms with van der Waals surface area (Å²) in [5.41, 5.74) is 0.408. The summed E-state index contributed by atoms with van der Waals surface area (Å²) in [5, 5.41) is 10.9. The maximum Gasteiger partial charge on any atom is 0.415 e. The molecule has 2 fully saturated rings. The number of nitrogens with one attached hydrogen (secondary N) is 2. The summed E-state index contributed by atoms with van der Waals surface area (Å²) in [6, 6.07) is 0. The summed E-state index contributed by atoms with van der Waals surface area (Å²) in [7, 11) is -2.17. The van der Waals surface area contributed by atoms with Gasteiger partial charge >= 0.3 is 11.8 Å². The van der Waals surface area contributed by atoms with Crippen molar-refractivity contribution in [1.82, 2.24) is 19.5 Å². The Balaban J connectivity index is 1.49. The van der Waals surface area contributed by atoms with Crippen molar-refractivity contribution in [2.24, 2.45) is 5.92 Å². The lowest BCUT2D eigenvalue weighted by Crippen LogP contribution is -2.46. The summed E-state index contributed by atoms with van der Waals surface area (Å²) >= 11 is 7.31. The molecular weight excluding hydrogens is 588 g/mol. The molecule has 0 aromatic carbocycles. The number of aromatic amines is 2. The molecule has 3 N–H and O–H groups in total. The van der Waals surface area contributed by atoms with E-state index in [-0.39, 0.29) is 28.0 Å². The van der Waals surface area contributed by atoms with Gasteiger partial charge in [0.25, 0.3) is 5.56 Å². The first-order valence-electron chi connectivity index (χ1n) is 13.7. The molecule has 1 saturated carbocycles. The monoisotopic (exact) mass is 629 g/mol. The third-order valence-corrected chi connectivity index (χ3v) is 17.6. The van der Waals surface area contributed by atoms with E-state index in [1.165, 1.54) is 6.33 Å². The van der Waals surface area contributed by atoms with Gasteiger partial charge in [0.15, 0.2) is 13.8 Å². The number of nitrogens with zero attached hydrogens (tertiary/aromatic N) is 2. The number of aliphatic hydroxyl groups excluding tert-OH is 1. The van der Waals surface area contributed by atoms with Gasteiger partial charge < -0.3 is 14.3 Å². The van der Waals surface area contributed by atoms with Crippen LogP contribution >= 0.6 is 17.5 Å². The average Bonchev–Trinajstić information content (AvgIpc) is 3.42. The minimum Gasteiger partial charge on any atom is -0.411 e. The van der Waals surface area contributed by atoms with Gasteiger partial charge in [-0.3, -0.25) is 19.3 Å². The Morgan fingerprint density at radius 3 is 2.70 bits per heavy atom. The van der Waals surface area contributed by atoms with Gasteiger partial charge in [-0.05, 0) is 57.2 Å². The third kappa shape index (κ3) is 6.72. The third-order valence-electron chi connectivity index (χ3n) is 8.74. The first kappa shape index (κ1) is 31.7. The van der Waals surface area contributed by atoms with Gasteiger partial charge in [-0.25, -0.2) is 9.78 Å². The molecule has 40 heavy (non-hydrogen) atoms. The molecule has 7 atom stereocenters. The number of ether oxygens (including phenoxy) is 1. The lowest BCUT2D eigenvalue weighted by Gasteiger charge is -2.39. The van der Waals surface area contributed by atoms with Gasteiger partial charge in [-0.2, -0.15) is 4.52 Å². The normalized spacial score (nSPS) is 30.1. The van der Waals surface area contributed by atoms with Crippen molar-refractivity contribution in [2.45, 2.75) is 108 Å². The van der Waals surface area contributed by atoms with E-state index in [1.807, 2.05) is 6.92 Å². The van der Waals surface area contributed by atoms with Crippen LogP contribution in [0.4, 0.5) is 0 Å². The molecule has 1 saturated heterocycles. The van der Waals surface area contributed by atoms with Crippen molar-refractivity contribution in [3.05, 3.63) is 39.3 Å². The summed E-state index contributed by atoms with van der Waals surface area (Å²) in [5.74, 6) is 0.336. The highest BCUT2D eigenvalue weighted by Crippen LogP contribution is 2.55. The fourth-order valence-corrected chi connectivity index (χ4v) is 11.2. The number of aliphatic hydroxyl groups is 1. The van der Waals surface area contributed by atoms with Crippen LogP contribution in [-0.4, -0.2) is 62.6 Å². The summed E-state index contributed by atoms with van der Waals surface area (Å²) in [4.78, 5) is 33.3. The van der Waals surface area contributed by atoms with E-state index in [9.17, 15) is 14.7 Å². The summed E-state index contributed by atoms with van der Waals surface area (Å²) in [6.45, 7) is 19.4. The molecule has 2 aromatic rings. The quantitative estimate of drug-likeness (QED) is 0.197. The van der Waals surface area contributed by atoms with Crippen LogP contribution in [0.2, 0.25) is 18.1 Å². The average molecular weight is 630 g/mol. The van der Waals surface area contributed by atoms with E-state index in [2.05, 4.69) is 62.3 Å². The van der Waals surface area contributed by atoms with E-state index in [4.69, 9.17) is 25.5 Å². The van der Waals surface area contributed by atoms with Crippen LogP contribution in [0, 0.1) is 5.92 Å². The fourth-order valence-electron chi connectivity index (χ4n) is 5.02. The van der Waals surface area contributed by atoms with Crippen molar-refractivity contribution in [2.75, 3.05) is 6.61 Å². The maximum atomic E-state index is 12.2. The molecule has 3 heterocycles. The zero-order valence-corrected chi connectivity index (χ0v) is 27.9. The Kier molecular flexibility index (Phi) is 9.39. The van der Waals surface area contributed by atoms with Crippen molar-refractivity contribution >= 4 is 48.8 Å². The summed E-state index contributed by atoms with van der Waals surface area (Å²) < 4.78 is 20.8. The lowest BCUT2D eigenvalue weighted by atomic mass is 9.77. The van der Waals surface area contributed by atoms with Gasteiger partial charge in [0.2, 0.25) is 11.8 Å².